The first kappa shape index (κ1) is 12.7. The topological polar surface area (TPSA) is 149 Å². The minimum Gasteiger partial charge on any atom is -0.394 e. The summed E-state index contributed by atoms with van der Waals surface area (Å²) in [6.45, 7) is -0.407. The first-order chi connectivity index (χ1) is 10.5. The molecule has 10 nitrogen and oxygen atoms in total. The van der Waals surface area contributed by atoms with Gasteiger partial charge in [-0.05, 0) is 0 Å². The van der Waals surface area contributed by atoms with Gasteiger partial charge < -0.3 is 24.7 Å². The second kappa shape index (κ2) is 5.07. The standard InChI is InChI=1S/C11H15N5O5/c1-20-7-6(18)4(2-17)21-10(7)16-3-13-5-8(16)14-11(12)15-9(5)19/h3-4,6-7,10,17-18H,2H2,1H3,(H3,12,14,15,19)/t4-,6-,7-,10-/m1/s1/i/hD. The third kappa shape index (κ3) is 2.08. The number of H-pyrrole nitrogens is 2. The molecule has 0 radical (unpaired) electrons. The van der Waals surface area contributed by atoms with Gasteiger partial charge in [0.2, 0.25) is 5.62 Å². The van der Waals surface area contributed by atoms with Gasteiger partial charge in [0.05, 0.1) is 12.9 Å². The highest BCUT2D eigenvalue weighted by atomic mass is 16.6. The molecule has 2 aromatic rings. The van der Waals surface area contributed by atoms with E-state index >= 15 is 0 Å². The number of hydrogen-bond acceptors (Lipinski definition) is 7. The number of aliphatic hydroxyl groups is 2. The van der Waals surface area contributed by atoms with Crippen LogP contribution in [0.3, 0.4) is 0 Å². The van der Waals surface area contributed by atoms with Gasteiger partial charge in [-0.1, -0.05) is 0 Å². The van der Waals surface area contributed by atoms with Gasteiger partial charge in [-0.25, -0.2) is 4.98 Å². The predicted octanol–water partition coefficient (Wildman–Crippen LogP) is -2.20. The van der Waals surface area contributed by atoms with Crippen molar-refractivity contribution in [3.05, 3.63) is 22.3 Å². The van der Waals surface area contributed by atoms with Crippen LogP contribution in [0.25, 0.3) is 11.2 Å². The van der Waals surface area contributed by atoms with Crippen molar-refractivity contribution in [2.45, 2.75) is 24.5 Å². The van der Waals surface area contributed by atoms with Gasteiger partial charge in [-0.15, -0.1) is 0 Å². The first-order valence-corrected chi connectivity index (χ1v) is 6.22. The number of imidazole rings is 1. The number of fused-ring (bicyclic) bond motifs is 1. The van der Waals surface area contributed by atoms with Crippen molar-refractivity contribution in [3.8, 4) is 0 Å². The van der Waals surface area contributed by atoms with Crippen LogP contribution >= 0.6 is 0 Å². The average molecular weight is 298 g/mol. The Balaban J connectivity index is 2.19. The zero-order valence-corrected chi connectivity index (χ0v) is 11.1. The molecular formula is C11H15N5O5. The van der Waals surface area contributed by atoms with E-state index in [0.717, 1.165) is 0 Å². The Labute approximate surface area is 119 Å². The molecule has 1 saturated heterocycles. The Kier molecular flexibility index (Phi) is 3.07. The van der Waals surface area contributed by atoms with E-state index in [-0.39, 0.29) is 11.2 Å². The number of hydrogen-bond donors (Lipinski definition) is 5. The van der Waals surface area contributed by atoms with Crippen LogP contribution in [-0.4, -0.2) is 61.8 Å². The van der Waals surface area contributed by atoms with Crippen molar-refractivity contribution in [1.82, 2.24) is 19.5 Å². The first-order valence-electron chi connectivity index (χ1n) is 6.67. The molecule has 1 aliphatic rings. The number of aromatic amines is 2. The van der Waals surface area contributed by atoms with Gasteiger partial charge in [-0.3, -0.25) is 19.8 Å². The number of nitrogens with one attached hydrogen (secondary N) is 3. The number of ether oxygens (including phenoxy) is 2. The van der Waals surface area contributed by atoms with Gasteiger partial charge in [0.25, 0.3) is 5.56 Å². The van der Waals surface area contributed by atoms with Crippen molar-refractivity contribution in [1.29, 1.82) is 5.41 Å². The summed E-state index contributed by atoms with van der Waals surface area (Å²) >= 11 is 0. The number of aromatic nitrogens is 4. The quantitative estimate of drug-likeness (QED) is 0.434. The van der Waals surface area contributed by atoms with Crippen LogP contribution in [0.1, 0.15) is 6.23 Å². The van der Waals surface area contributed by atoms with E-state index in [1.54, 1.807) is 0 Å². The number of rotatable bonds is 3. The van der Waals surface area contributed by atoms with E-state index < -0.39 is 42.3 Å². The molecule has 0 spiro atoms. The smallest absolute Gasteiger partial charge is 0.280 e. The highest BCUT2D eigenvalue weighted by Crippen LogP contribution is 2.32. The van der Waals surface area contributed by atoms with Crippen LogP contribution in [-0.2, 0) is 9.47 Å². The summed E-state index contributed by atoms with van der Waals surface area (Å²) in [5.74, 6) is 0. The van der Waals surface area contributed by atoms with Crippen molar-refractivity contribution in [3.63, 3.8) is 0 Å². The van der Waals surface area contributed by atoms with Crippen LogP contribution in [0.2, 0.25) is 1.41 Å². The van der Waals surface area contributed by atoms with Crippen LogP contribution in [0.5, 0.6) is 0 Å². The zero-order chi connectivity index (χ0) is 16.0. The van der Waals surface area contributed by atoms with Gasteiger partial charge in [0.15, 0.2) is 13.2 Å². The fourth-order valence-corrected chi connectivity index (χ4v) is 2.46. The molecule has 3 heterocycles. The van der Waals surface area contributed by atoms with Crippen LogP contribution < -0.4 is 11.2 Å². The van der Waals surface area contributed by atoms with E-state index in [2.05, 4.69) is 9.97 Å². The minimum absolute atomic E-state index is 0.0339. The number of nitrogens with zero attached hydrogens (tertiary/aromatic N) is 2. The SMILES string of the molecule is [2H]n1c(=N)[nH]c(=O)c2ncn([C@@H]3O[C@H](CO)[C@@H](O)[C@H]3OC)c21. The van der Waals surface area contributed by atoms with Crippen LogP contribution in [0, 0.1) is 5.41 Å². The molecule has 0 amide bonds. The van der Waals surface area contributed by atoms with Crippen molar-refractivity contribution in [2.24, 2.45) is 0 Å². The Morgan fingerprint density at radius 2 is 2.48 bits per heavy atom. The zero-order valence-electron chi connectivity index (χ0n) is 12.1. The second-order valence-corrected chi connectivity index (χ2v) is 4.68. The molecule has 10 heteroatoms. The largest absolute Gasteiger partial charge is 0.394 e. The molecule has 0 bridgehead atoms. The third-order valence-electron chi connectivity index (χ3n) is 3.47. The maximum absolute atomic E-state index is 11.8. The van der Waals surface area contributed by atoms with E-state index in [9.17, 15) is 15.0 Å². The average Bonchev–Trinajstić information content (AvgIpc) is 3.06. The van der Waals surface area contributed by atoms with Gasteiger partial charge in [-0.2, -0.15) is 0 Å². The third-order valence-corrected chi connectivity index (χ3v) is 3.47. The maximum atomic E-state index is 11.8. The molecule has 0 unspecified atom stereocenters. The van der Waals surface area contributed by atoms with Crippen LogP contribution in [0.4, 0.5) is 0 Å². The Morgan fingerprint density at radius 3 is 3.14 bits per heavy atom. The van der Waals surface area contributed by atoms with Gasteiger partial charge in [0, 0.05) is 7.11 Å². The van der Waals surface area contributed by atoms with E-state index in [0.29, 0.717) is 4.98 Å². The van der Waals surface area contributed by atoms with E-state index in [4.69, 9.17) is 16.3 Å². The van der Waals surface area contributed by atoms with Crippen molar-refractivity contribution < 1.29 is 21.1 Å². The fourth-order valence-electron chi connectivity index (χ4n) is 2.46. The summed E-state index contributed by atoms with van der Waals surface area (Å²) in [6.07, 6.45) is -2.37. The Bertz CT molecular complexity index is 813. The number of methoxy groups -OCH3 is 1. The van der Waals surface area contributed by atoms with E-state index in [1.807, 2.05) is 0 Å². The summed E-state index contributed by atoms with van der Waals surface area (Å²) in [5, 5.41) is 26.9. The normalized spacial score (nSPS) is 30.0. The Hall–Kier alpha value is -2.01. The minimum atomic E-state index is -1.07. The lowest BCUT2D eigenvalue weighted by atomic mass is 10.1. The van der Waals surface area contributed by atoms with Crippen molar-refractivity contribution >= 4 is 11.2 Å². The monoisotopic (exact) mass is 298 g/mol. The molecule has 2 aromatic heterocycles. The van der Waals surface area contributed by atoms with Gasteiger partial charge in [0.1, 0.15) is 24.0 Å². The second-order valence-electron chi connectivity index (χ2n) is 4.68. The molecule has 0 saturated carbocycles. The van der Waals surface area contributed by atoms with Crippen molar-refractivity contribution in [2.75, 3.05) is 13.7 Å². The number of aliphatic hydroxyl groups excluding tert-OH is 2. The fraction of sp³-hybridized carbons (Fsp3) is 0.545. The van der Waals surface area contributed by atoms with Gasteiger partial charge >= 0.3 is 0 Å². The molecule has 1 aliphatic heterocycles. The molecule has 5 N–H and O–H groups in total. The molecule has 114 valence electrons. The molecular weight excluding hydrogens is 282 g/mol. The highest BCUT2D eigenvalue weighted by molar-refractivity contribution is 5.68. The molecule has 3 rings (SSSR count). The highest BCUT2D eigenvalue weighted by Gasteiger charge is 2.45. The molecule has 1 fully saturated rings. The lowest BCUT2D eigenvalue weighted by Gasteiger charge is -2.20. The van der Waals surface area contributed by atoms with E-state index in [1.165, 1.54) is 18.0 Å². The summed E-state index contributed by atoms with van der Waals surface area (Å²) in [5.41, 5.74) is -1.03. The Morgan fingerprint density at radius 1 is 1.71 bits per heavy atom. The summed E-state index contributed by atoms with van der Waals surface area (Å²) in [7, 11) is 1.38. The van der Waals surface area contributed by atoms with Crippen LogP contribution in [0.15, 0.2) is 11.1 Å². The lowest BCUT2D eigenvalue weighted by molar-refractivity contribution is -0.0583. The summed E-state index contributed by atoms with van der Waals surface area (Å²) in [4.78, 5) is 18.6. The summed E-state index contributed by atoms with van der Waals surface area (Å²) < 4.78 is 19.9. The predicted molar refractivity (Wildman–Crippen MR) is 68.4 cm³/mol. The molecule has 4 atom stereocenters. The maximum Gasteiger partial charge on any atom is 0.280 e. The molecule has 0 aromatic carbocycles. The summed E-state index contributed by atoms with van der Waals surface area (Å²) in [6, 6.07) is 0. The molecule has 0 aliphatic carbocycles. The lowest BCUT2D eigenvalue weighted by Crippen LogP contribution is -2.34. The molecule has 21 heavy (non-hydrogen) atoms.